The van der Waals surface area contributed by atoms with E-state index in [9.17, 15) is 0 Å². The third kappa shape index (κ3) is 1.75. The van der Waals surface area contributed by atoms with Crippen molar-refractivity contribution in [1.29, 1.82) is 0 Å². The Hall–Kier alpha value is -2.05. The Morgan fingerprint density at radius 3 is 3.08 bits per heavy atom. The molecule has 0 aliphatic carbocycles. The van der Waals surface area contributed by atoms with Gasteiger partial charge in [-0.05, 0) is 0 Å². The number of anilines is 2. The molecule has 0 fully saturated rings. The topological polar surface area (TPSA) is 108 Å². The number of aromatic amines is 2. The Bertz CT molecular complexity index is 362. The van der Waals surface area contributed by atoms with Gasteiger partial charge in [0.05, 0.1) is 18.6 Å². The maximum Gasteiger partial charge on any atom is 0.243 e. The van der Waals surface area contributed by atoms with Gasteiger partial charge in [0, 0.05) is 6.20 Å². The number of H-pyrrole nitrogens is 2. The van der Waals surface area contributed by atoms with Gasteiger partial charge in [-0.1, -0.05) is 0 Å². The van der Waals surface area contributed by atoms with Crippen molar-refractivity contribution in [2.45, 2.75) is 6.54 Å². The second-order valence-electron chi connectivity index (χ2n) is 2.47. The summed E-state index contributed by atoms with van der Waals surface area (Å²) in [4.78, 5) is 10.7. The Balaban J connectivity index is 1.93. The van der Waals surface area contributed by atoms with E-state index in [-0.39, 0.29) is 0 Å². The van der Waals surface area contributed by atoms with Crippen LogP contribution >= 0.6 is 0 Å². The number of nitrogens with zero attached hydrogens (tertiary/aromatic N) is 3. The molecule has 0 aromatic carbocycles. The van der Waals surface area contributed by atoms with E-state index in [1.54, 1.807) is 12.5 Å². The van der Waals surface area contributed by atoms with Gasteiger partial charge >= 0.3 is 0 Å². The molecule has 68 valence electrons. The number of nitrogens with two attached hydrogens (primary N) is 1. The van der Waals surface area contributed by atoms with E-state index in [1.165, 1.54) is 0 Å². The maximum atomic E-state index is 5.34. The van der Waals surface area contributed by atoms with E-state index >= 15 is 0 Å². The fourth-order valence-corrected chi connectivity index (χ4v) is 0.909. The molecule has 0 saturated carbocycles. The van der Waals surface area contributed by atoms with Gasteiger partial charge in [-0.25, -0.2) is 10.1 Å². The third-order valence-electron chi connectivity index (χ3n) is 1.49. The molecule has 7 heteroatoms. The van der Waals surface area contributed by atoms with Gasteiger partial charge in [-0.3, -0.25) is 0 Å². The minimum Gasteiger partial charge on any atom is -0.368 e. The van der Waals surface area contributed by atoms with Crippen molar-refractivity contribution in [3.8, 4) is 0 Å². The van der Waals surface area contributed by atoms with Crippen LogP contribution in [0.15, 0.2) is 12.5 Å². The fourth-order valence-electron chi connectivity index (χ4n) is 0.909. The first-order valence-electron chi connectivity index (χ1n) is 3.73. The Labute approximate surface area is 73.8 Å². The minimum atomic E-state index is 0.298. The highest BCUT2D eigenvalue weighted by Crippen LogP contribution is 2.00. The number of imidazole rings is 1. The van der Waals surface area contributed by atoms with Gasteiger partial charge in [-0.2, -0.15) is 4.98 Å². The molecule has 2 heterocycles. The van der Waals surface area contributed by atoms with Gasteiger partial charge in [-0.15, -0.1) is 5.10 Å². The zero-order valence-corrected chi connectivity index (χ0v) is 6.78. The molecule has 0 radical (unpaired) electrons. The molecule has 0 aliphatic rings. The molecule has 7 nitrogen and oxygen atoms in total. The zero-order valence-electron chi connectivity index (χ0n) is 6.78. The highest BCUT2D eigenvalue weighted by atomic mass is 15.3. The molecule has 2 rings (SSSR count). The summed E-state index contributed by atoms with van der Waals surface area (Å²) in [5.74, 6) is 0.777. The smallest absolute Gasteiger partial charge is 0.243 e. The average Bonchev–Trinajstić information content (AvgIpc) is 2.71. The molecular formula is C6H9N7. The first kappa shape index (κ1) is 7.59. The minimum absolute atomic E-state index is 0.298. The standard InChI is InChI=1S/C6H9N7/c7-5-11-6(13-12-5)9-2-4-1-8-3-10-4/h1,3H,2H2,(H,8,10)(H4,7,9,11,12,13). The van der Waals surface area contributed by atoms with Crippen LogP contribution in [0.1, 0.15) is 5.69 Å². The van der Waals surface area contributed by atoms with Crippen LogP contribution in [0.4, 0.5) is 11.9 Å². The molecule has 0 saturated heterocycles. The lowest BCUT2D eigenvalue weighted by Crippen LogP contribution is -2.01. The van der Waals surface area contributed by atoms with Crippen LogP contribution in [0.25, 0.3) is 0 Å². The van der Waals surface area contributed by atoms with Crippen LogP contribution in [-0.2, 0) is 6.54 Å². The van der Waals surface area contributed by atoms with E-state index in [4.69, 9.17) is 5.73 Å². The van der Waals surface area contributed by atoms with E-state index < -0.39 is 0 Å². The summed E-state index contributed by atoms with van der Waals surface area (Å²) < 4.78 is 0. The van der Waals surface area contributed by atoms with Gasteiger partial charge in [0.25, 0.3) is 0 Å². The molecular weight excluding hydrogens is 170 g/mol. The first-order valence-corrected chi connectivity index (χ1v) is 3.73. The Kier molecular flexibility index (Phi) is 1.83. The number of nitrogen functional groups attached to an aromatic ring is 1. The van der Waals surface area contributed by atoms with Crippen molar-refractivity contribution in [2.24, 2.45) is 0 Å². The second kappa shape index (κ2) is 3.13. The van der Waals surface area contributed by atoms with Crippen molar-refractivity contribution in [2.75, 3.05) is 11.1 Å². The summed E-state index contributed by atoms with van der Waals surface area (Å²) in [7, 11) is 0. The molecule has 5 N–H and O–H groups in total. The maximum absolute atomic E-state index is 5.34. The molecule has 2 aromatic rings. The number of nitrogens with one attached hydrogen (secondary N) is 3. The second-order valence-corrected chi connectivity index (χ2v) is 2.47. The predicted octanol–water partition coefficient (Wildman–Crippen LogP) is -0.278. The molecule has 0 bridgehead atoms. The van der Waals surface area contributed by atoms with Crippen molar-refractivity contribution in [3.05, 3.63) is 18.2 Å². The number of aromatic nitrogens is 5. The highest BCUT2D eigenvalue weighted by molar-refractivity contribution is 5.30. The normalized spacial score (nSPS) is 10.2. The zero-order chi connectivity index (χ0) is 9.10. The van der Waals surface area contributed by atoms with Crippen molar-refractivity contribution in [3.63, 3.8) is 0 Å². The predicted molar refractivity (Wildman–Crippen MR) is 46.7 cm³/mol. The Morgan fingerprint density at radius 2 is 2.46 bits per heavy atom. The number of rotatable bonds is 3. The highest BCUT2D eigenvalue weighted by Gasteiger charge is 1.99. The molecule has 0 unspecified atom stereocenters. The number of hydrogen-bond donors (Lipinski definition) is 4. The molecule has 0 amide bonds. The van der Waals surface area contributed by atoms with E-state index in [0.717, 1.165) is 5.69 Å². The van der Waals surface area contributed by atoms with E-state index in [1.807, 2.05) is 0 Å². The monoisotopic (exact) mass is 179 g/mol. The van der Waals surface area contributed by atoms with E-state index in [2.05, 4.69) is 30.5 Å². The molecule has 0 spiro atoms. The summed E-state index contributed by atoms with van der Waals surface area (Å²) >= 11 is 0. The summed E-state index contributed by atoms with van der Waals surface area (Å²) in [6, 6.07) is 0. The lowest BCUT2D eigenvalue weighted by atomic mass is 10.5. The summed E-state index contributed by atoms with van der Waals surface area (Å²) in [6.45, 7) is 0.595. The molecule has 13 heavy (non-hydrogen) atoms. The summed E-state index contributed by atoms with van der Waals surface area (Å²) in [6.07, 6.45) is 3.34. The van der Waals surface area contributed by atoms with Crippen LogP contribution in [-0.4, -0.2) is 25.1 Å². The van der Waals surface area contributed by atoms with Crippen LogP contribution < -0.4 is 11.1 Å². The fraction of sp³-hybridized carbons (Fsp3) is 0.167. The van der Waals surface area contributed by atoms with E-state index in [0.29, 0.717) is 18.4 Å². The third-order valence-corrected chi connectivity index (χ3v) is 1.49. The quantitative estimate of drug-likeness (QED) is 0.518. The van der Waals surface area contributed by atoms with Crippen LogP contribution in [0.3, 0.4) is 0 Å². The van der Waals surface area contributed by atoms with Gasteiger partial charge < -0.3 is 16.0 Å². The van der Waals surface area contributed by atoms with Crippen molar-refractivity contribution in [1.82, 2.24) is 25.1 Å². The Morgan fingerprint density at radius 1 is 1.54 bits per heavy atom. The number of hydrogen-bond acceptors (Lipinski definition) is 5. The van der Waals surface area contributed by atoms with Crippen LogP contribution in [0.2, 0.25) is 0 Å². The largest absolute Gasteiger partial charge is 0.368 e. The molecule has 0 atom stereocenters. The first-order chi connectivity index (χ1) is 6.34. The summed E-state index contributed by atoms with van der Waals surface area (Å²) in [5.41, 5.74) is 6.30. The van der Waals surface area contributed by atoms with Crippen LogP contribution in [0, 0.1) is 0 Å². The average molecular weight is 179 g/mol. The SMILES string of the molecule is Nc1nc(NCc2cnc[nH]2)n[nH]1. The van der Waals surface area contributed by atoms with Gasteiger partial charge in [0.15, 0.2) is 0 Å². The van der Waals surface area contributed by atoms with Gasteiger partial charge in [0.2, 0.25) is 11.9 Å². The molecule has 0 aliphatic heterocycles. The molecule has 2 aromatic heterocycles. The lowest BCUT2D eigenvalue weighted by molar-refractivity contribution is 1.02. The van der Waals surface area contributed by atoms with Crippen LogP contribution in [0.5, 0.6) is 0 Å². The lowest BCUT2D eigenvalue weighted by Gasteiger charge is -1.96. The summed E-state index contributed by atoms with van der Waals surface area (Å²) in [5, 5.41) is 9.30. The van der Waals surface area contributed by atoms with Gasteiger partial charge in [0.1, 0.15) is 0 Å². The van der Waals surface area contributed by atoms with Crippen molar-refractivity contribution < 1.29 is 0 Å². The van der Waals surface area contributed by atoms with Crippen molar-refractivity contribution >= 4 is 11.9 Å².